The molecular formula is C12H17NO. The van der Waals surface area contributed by atoms with Crippen LogP contribution in [0.1, 0.15) is 17.0 Å². The summed E-state index contributed by atoms with van der Waals surface area (Å²) < 4.78 is 0. The van der Waals surface area contributed by atoms with Crippen molar-refractivity contribution in [3.63, 3.8) is 0 Å². The summed E-state index contributed by atoms with van der Waals surface area (Å²) in [6.45, 7) is 2.58. The van der Waals surface area contributed by atoms with Crippen LogP contribution in [0.5, 0.6) is 0 Å². The van der Waals surface area contributed by atoms with Gasteiger partial charge in [-0.25, -0.2) is 0 Å². The number of likely N-dealkylation sites (tertiary alicyclic amines) is 1. The summed E-state index contributed by atoms with van der Waals surface area (Å²) in [7, 11) is 2.15. The quantitative estimate of drug-likeness (QED) is 0.777. The van der Waals surface area contributed by atoms with Crippen molar-refractivity contribution in [2.45, 2.75) is 12.3 Å². The van der Waals surface area contributed by atoms with Gasteiger partial charge in [0.2, 0.25) is 0 Å². The van der Waals surface area contributed by atoms with E-state index in [1.165, 1.54) is 24.2 Å². The highest BCUT2D eigenvalue weighted by Gasteiger charge is 2.24. The molecule has 0 saturated carbocycles. The van der Waals surface area contributed by atoms with Gasteiger partial charge in [-0.3, -0.25) is 0 Å². The van der Waals surface area contributed by atoms with Crippen molar-refractivity contribution < 1.29 is 5.11 Å². The Bertz CT molecular complexity index is 305. The van der Waals surface area contributed by atoms with Crippen molar-refractivity contribution in [3.8, 4) is 0 Å². The molecule has 1 aliphatic rings. The average molecular weight is 191 g/mol. The number of hydrogen-bond acceptors (Lipinski definition) is 2. The van der Waals surface area contributed by atoms with Crippen molar-refractivity contribution in [1.82, 2.24) is 4.90 Å². The molecule has 0 bridgehead atoms. The fraction of sp³-hybridized carbons (Fsp3) is 0.500. The molecule has 76 valence electrons. The molecule has 0 atom stereocenters. The molecule has 0 amide bonds. The second-order valence-electron chi connectivity index (χ2n) is 4.14. The number of likely N-dealkylation sites (N-methyl/N-ethyl adjacent to an activating group) is 1. The topological polar surface area (TPSA) is 23.5 Å². The summed E-state index contributed by atoms with van der Waals surface area (Å²) in [4.78, 5) is 2.32. The van der Waals surface area contributed by atoms with Crippen LogP contribution in [0.2, 0.25) is 0 Å². The van der Waals surface area contributed by atoms with E-state index in [0.717, 1.165) is 6.42 Å². The first-order chi connectivity index (χ1) is 6.79. The zero-order valence-electron chi connectivity index (χ0n) is 8.61. The number of aliphatic hydroxyl groups is 1. The zero-order valence-corrected chi connectivity index (χ0v) is 8.61. The Labute approximate surface area is 85.2 Å². The van der Waals surface area contributed by atoms with Crippen molar-refractivity contribution in [2.75, 3.05) is 26.7 Å². The summed E-state index contributed by atoms with van der Waals surface area (Å²) in [5.74, 6) is 0.707. The lowest BCUT2D eigenvalue weighted by Crippen LogP contribution is -2.41. The molecule has 1 fully saturated rings. The predicted molar refractivity (Wildman–Crippen MR) is 57.5 cm³/mol. The van der Waals surface area contributed by atoms with Crippen molar-refractivity contribution in [3.05, 3.63) is 35.4 Å². The summed E-state index contributed by atoms with van der Waals surface area (Å²) in [6, 6.07) is 8.60. The Balaban J connectivity index is 2.06. The van der Waals surface area contributed by atoms with Crippen LogP contribution < -0.4 is 0 Å². The van der Waals surface area contributed by atoms with E-state index in [1.54, 1.807) is 0 Å². The van der Waals surface area contributed by atoms with Gasteiger partial charge in [-0.05, 0) is 24.6 Å². The highest BCUT2D eigenvalue weighted by molar-refractivity contribution is 5.28. The molecule has 14 heavy (non-hydrogen) atoms. The van der Waals surface area contributed by atoms with E-state index >= 15 is 0 Å². The maximum absolute atomic E-state index is 8.85. The SMILES string of the molecule is CN1CC(c2cccc(CCO)c2)C1. The van der Waals surface area contributed by atoms with Gasteiger partial charge in [0.15, 0.2) is 0 Å². The standard InChI is InChI=1S/C12H17NO/c1-13-8-12(9-13)11-4-2-3-10(7-11)5-6-14/h2-4,7,12,14H,5-6,8-9H2,1H3. The number of benzene rings is 1. The molecule has 1 heterocycles. The molecule has 0 aliphatic carbocycles. The molecule has 2 rings (SSSR count). The molecule has 1 N–H and O–H groups in total. The second kappa shape index (κ2) is 4.11. The number of hydrogen-bond donors (Lipinski definition) is 1. The van der Waals surface area contributed by atoms with Crippen LogP contribution in [0.3, 0.4) is 0 Å². The van der Waals surface area contributed by atoms with Gasteiger partial charge >= 0.3 is 0 Å². The van der Waals surface area contributed by atoms with Crippen LogP contribution >= 0.6 is 0 Å². The van der Waals surface area contributed by atoms with Gasteiger partial charge in [0.1, 0.15) is 0 Å². The molecule has 0 aromatic heterocycles. The Morgan fingerprint density at radius 1 is 1.43 bits per heavy atom. The summed E-state index contributed by atoms with van der Waals surface area (Å²) in [5, 5.41) is 8.85. The number of nitrogens with zero attached hydrogens (tertiary/aromatic N) is 1. The summed E-state index contributed by atoms with van der Waals surface area (Å²) in [5.41, 5.74) is 2.67. The molecule has 2 nitrogen and oxygen atoms in total. The van der Waals surface area contributed by atoms with Crippen LogP contribution in [0.15, 0.2) is 24.3 Å². The highest BCUT2D eigenvalue weighted by Crippen LogP contribution is 2.25. The smallest absolute Gasteiger partial charge is 0.0471 e. The monoisotopic (exact) mass is 191 g/mol. The van der Waals surface area contributed by atoms with E-state index in [0.29, 0.717) is 5.92 Å². The lowest BCUT2D eigenvalue weighted by Gasteiger charge is -2.36. The fourth-order valence-corrected chi connectivity index (χ4v) is 2.04. The number of rotatable bonds is 3. The Hall–Kier alpha value is -0.860. The third-order valence-electron chi connectivity index (χ3n) is 2.89. The molecular weight excluding hydrogens is 174 g/mol. The Morgan fingerprint density at radius 2 is 2.21 bits per heavy atom. The molecule has 2 heteroatoms. The third kappa shape index (κ3) is 1.97. The maximum atomic E-state index is 8.85. The van der Waals surface area contributed by atoms with Gasteiger partial charge in [-0.15, -0.1) is 0 Å². The lowest BCUT2D eigenvalue weighted by molar-refractivity contribution is 0.189. The van der Waals surface area contributed by atoms with Gasteiger partial charge in [0, 0.05) is 25.6 Å². The highest BCUT2D eigenvalue weighted by atomic mass is 16.2. The van der Waals surface area contributed by atoms with E-state index < -0.39 is 0 Å². The van der Waals surface area contributed by atoms with E-state index in [2.05, 4.69) is 36.2 Å². The third-order valence-corrected chi connectivity index (χ3v) is 2.89. The van der Waals surface area contributed by atoms with Crippen molar-refractivity contribution in [1.29, 1.82) is 0 Å². The molecule has 1 saturated heterocycles. The predicted octanol–water partition coefficient (Wildman–Crippen LogP) is 1.25. The van der Waals surface area contributed by atoms with Gasteiger partial charge in [-0.1, -0.05) is 24.3 Å². The van der Waals surface area contributed by atoms with E-state index in [4.69, 9.17) is 5.11 Å². The molecule has 0 radical (unpaired) electrons. The van der Waals surface area contributed by atoms with Crippen molar-refractivity contribution in [2.24, 2.45) is 0 Å². The lowest BCUT2D eigenvalue weighted by atomic mass is 9.91. The summed E-state index contributed by atoms with van der Waals surface area (Å²) in [6.07, 6.45) is 0.774. The van der Waals surface area contributed by atoms with Crippen LogP contribution in [0.4, 0.5) is 0 Å². The van der Waals surface area contributed by atoms with Gasteiger partial charge in [0.05, 0.1) is 0 Å². The normalized spacial score (nSPS) is 18.1. The summed E-state index contributed by atoms with van der Waals surface area (Å²) >= 11 is 0. The van der Waals surface area contributed by atoms with E-state index in [9.17, 15) is 0 Å². The fourth-order valence-electron chi connectivity index (χ4n) is 2.04. The van der Waals surface area contributed by atoms with Gasteiger partial charge in [-0.2, -0.15) is 0 Å². The van der Waals surface area contributed by atoms with Crippen molar-refractivity contribution >= 4 is 0 Å². The first-order valence-corrected chi connectivity index (χ1v) is 5.18. The molecule has 1 aromatic rings. The minimum atomic E-state index is 0.244. The van der Waals surface area contributed by atoms with Crippen LogP contribution in [0, 0.1) is 0 Å². The zero-order chi connectivity index (χ0) is 9.97. The largest absolute Gasteiger partial charge is 0.396 e. The molecule has 0 spiro atoms. The van der Waals surface area contributed by atoms with Crippen LogP contribution in [-0.2, 0) is 6.42 Å². The maximum Gasteiger partial charge on any atom is 0.0471 e. The van der Waals surface area contributed by atoms with E-state index in [1.807, 2.05) is 0 Å². The molecule has 0 unspecified atom stereocenters. The first-order valence-electron chi connectivity index (χ1n) is 5.18. The Kier molecular flexibility index (Phi) is 2.85. The van der Waals surface area contributed by atoms with Gasteiger partial charge in [0.25, 0.3) is 0 Å². The number of aliphatic hydroxyl groups excluding tert-OH is 1. The van der Waals surface area contributed by atoms with Gasteiger partial charge < -0.3 is 10.0 Å². The average Bonchev–Trinajstić information content (AvgIpc) is 2.14. The molecule has 1 aliphatic heterocycles. The first kappa shape index (κ1) is 9.69. The van der Waals surface area contributed by atoms with Crippen LogP contribution in [0.25, 0.3) is 0 Å². The minimum Gasteiger partial charge on any atom is -0.396 e. The minimum absolute atomic E-state index is 0.244. The van der Waals surface area contributed by atoms with E-state index in [-0.39, 0.29) is 6.61 Å². The second-order valence-corrected chi connectivity index (χ2v) is 4.14. The van der Waals surface area contributed by atoms with Crippen LogP contribution in [-0.4, -0.2) is 36.8 Å². The molecule has 1 aromatic carbocycles. The Morgan fingerprint density at radius 3 is 2.86 bits per heavy atom.